The van der Waals surface area contributed by atoms with Crippen molar-refractivity contribution in [3.05, 3.63) is 169 Å². The minimum atomic E-state index is -0.377. The molecule has 3 heteroatoms. The summed E-state index contributed by atoms with van der Waals surface area (Å²) in [6, 6.07) is 40.3. The quantitative estimate of drug-likeness (QED) is 0.203. The molecule has 10 rings (SSSR count). The van der Waals surface area contributed by atoms with Crippen molar-refractivity contribution in [3.8, 4) is 22.6 Å². The average molecular weight is 593 g/mol. The molecule has 0 N–H and O–H groups in total. The Morgan fingerprint density at radius 1 is 0.587 bits per heavy atom. The molecule has 0 amide bonds. The molecule has 2 aliphatic carbocycles. The Bertz CT molecular complexity index is 2350. The van der Waals surface area contributed by atoms with E-state index < -0.39 is 0 Å². The highest BCUT2D eigenvalue weighted by Gasteiger charge is 2.44. The molecule has 1 aromatic heterocycles. The van der Waals surface area contributed by atoms with E-state index in [0.717, 1.165) is 17.0 Å². The van der Waals surface area contributed by atoms with Gasteiger partial charge in [-0.1, -0.05) is 121 Å². The summed E-state index contributed by atoms with van der Waals surface area (Å²) in [5.41, 5.74) is 10.7. The number of ether oxygens (including phenoxy) is 1. The molecule has 3 heterocycles. The van der Waals surface area contributed by atoms with Crippen LogP contribution < -0.4 is 9.64 Å². The Morgan fingerprint density at radius 2 is 1.28 bits per heavy atom. The van der Waals surface area contributed by atoms with Crippen LogP contribution in [0.4, 0.5) is 11.4 Å². The van der Waals surface area contributed by atoms with Crippen LogP contribution in [0.5, 0.6) is 5.75 Å². The van der Waals surface area contributed by atoms with E-state index in [1.807, 2.05) is 0 Å². The van der Waals surface area contributed by atoms with Gasteiger partial charge >= 0.3 is 0 Å². The zero-order valence-electron chi connectivity index (χ0n) is 25.5. The van der Waals surface area contributed by atoms with Crippen LogP contribution in [-0.4, -0.2) is 16.2 Å². The Labute approximate surface area is 268 Å². The van der Waals surface area contributed by atoms with Crippen molar-refractivity contribution in [3.63, 3.8) is 0 Å². The van der Waals surface area contributed by atoms with Crippen molar-refractivity contribution in [2.75, 3.05) is 4.90 Å². The van der Waals surface area contributed by atoms with Crippen molar-refractivity contribution < 1.29 is 4.74 Å². The van der Waals surface area contributed by atoms with Gasteiger partial charge in [0, 0.05) is 45.3 Å². The van der Waals surface area contributed by atoms with Gasteiger partial charge in [-0.15, -0.1) is 0 Å². The molecule has 0 bridgehead atoms. The molecule has 5 aromatic carbocycles. The van der Waals surface area contributed by atoms with Gasteiger partial charge in [0.1, 0.15) is 11.4 Å². The minimum Gasteiger partial charge on any atom is -0.481 e. The monoisotopic (exact) mass is 592 g/mol. The van der Waals surface area contributed by atoms with Gasteiger partial charge in [-0.05, 0) is 48.9 Å². The third kappa shape index (κ3) is 3.43. The van der Waals surface area contributed by atoms with Crippen molar-refractivity contribution in [1.29, 1.82) is 0 Å². The molecule has 2 aliphatic heterocycles. The lowest BCUT2D eigenvalue weighted by Gasteiger charge is -2.31. The van der Waals surface area contributed by atoms with Crippen LogP contribution in [0.15, 0.2) is 158 Å². The van der Waals surface area contributed by atoms with Gasteiger partial charge in [-0.2, -0.15) is 0 Å². The number of hydrogen-bond donors (Lipinski definition) is 0. The van der Waals surface area contributed by atoms with Crippen LogP contribution in [0.1, 0.15) is 29.9 Å². The fourth-order valence-corrected chi connectivity index (χ4v) is 8.48. The number of aromatic nitrogens is 1. The molecule has 6 aromatic rings. The summed E-state index contributed by atoms with van der Waals surface area (Å²) in [6.45, 7) is 2.20. The summed E-state index contributed by atoms with van der Waals surface area (Å²) in [7, 11) is 0. The average Bonchev–Trinajstić information content (AvgIpc) is 3.73. The summed E-state index contributed by atoms with van der Waals surface area (Å²) in [4.78, 5) is 2.54. The first-order chi connectivity index (χ1) is 22.7. The second-order valence-corrected chi connectivity index (χ2v) is 13.0. The molecule has 0 radical (unpaired) electrons. The zero-order chi connectivity index (χ0) is 30.4. The number of fused-ring (bicyclic) bond motifs is 10. The number of nitrogens with zero attached hydrogens (tertiary/aromatic N) is 2. The number of allylic oxidation sites excluding steroid dienone is 4. The van der Waals surface area contributed by atoms with Crippen LogP contribution >= 0.6 is 0 Å². The lowest BCUT2D eigenvalue weighted by Crippen LogP contribution is -2.32. The van der Waals surface area contributed by atoms with E-state index in [4.69, 9.17) is 4.74 Å². The van der Waals surface area contributed by atoms with E-state index in [1.54, 1.807) is 0 Å². The van der Waals surface area contributed by atoms with Crippen LogP contribution in [0.3, 0.4) is 0 Å². The molecule has 0 spiro atoms. The van der Waals surface area contributed by atoms with Crippen LogP contribution in [0, 0.1) is 0 Å². The van der Waals surface area contributed by atoms with Gasteiger partial charge in [0.2, 0.25) is 0 Å². The summed E-state index contributed by atoms with van der Waals surface area (Å²) in [6.07, 6.45) is 17.8. The highest BCUT2D eigenvalue weighted by Crippen LogP contribution is 2.54. The lowest BCUT2D eigenvalue weighted by molar-refractivity contribution is 0.157. The summed E-state index contributed by atoms with van der Waals surface area (Å²) >= 11 is 0. The van der Waals surface area contributed by atoms with E-state index >= 15 is 0 Å². The number of benzene rings is 5. The standard InChI is InChI=1S/C43H32N2O/c1-43-27-13-12-19-34(43)32-25-26-40-41(42(32)46-43)33-18-6-11-24-39(33)45(40)38-23-10-5-17-31(38)30-16-4-9-22-37(30)44-35-20-7-2-14-28(35)29-15-3-8-21-36(29)44/h2-28,34-35H,1H3. The molecule has 220 valence electrons. The molecule has 46 heavy (non-hydrogen) atoms. The van der Waals surface area contributed by atoms with E-state index in [2.05, 4.69) is 174 Å². The summed E-state index contributed by atoms with van der Waals surface area (Å²) in [5.74, 6) is 1.54. The van der Waals surface area contributed by atoms with Gasteiger partial charge in [0.05, 0.1) is 28.1 Å². The van der Waals surface area contributed by atoms with Crippen molar-refractivity contribution in [1.82, 2.24) is 4.57 Å². The first-order valence-corrected chi connectivity index (χ1v) is 16.2. The maximum atomic E-state index is 6.88. The lowest BCUT2D eigenvalue weighted by atomic mass is 9.82. The SMILES string of the molecule is CC12C=CC=CC1c1ccc3c(c1O2)c1ccccc1n3-c1ccccc1-c1ccccc1N1c2ccccc2C2C=CC=CC21. The Kier molecular flexibility index (Phi) is 5.31. The van der Waals surface area contributed by atoms with Crippen molar-refractivity contribution >= 4 is 33.2 Å². The Hall–Kier alpha value is -5.54. The second-order valence-electron chi connectivity index (χ2n) is 13.0. The van der Waals surface area contributed by atoms with Crippen LogP contribution in [-0.2, 0) is 0 Å². The first kappa shape index (κ1) is 25.8. The number of rotatable bonds is 3. The Morgan fingerprint density at radius 3 is 2.17 bits per heavy atom. The smallest absolute Gasteiger partial charge is 0.135 e. The second kappa shape index (κ2) is 9.48. The maximum Gasteiger partial charge on any atom is 0.135 e. The highest BCUT2D eigenvalue weighted by molar-refractivity contribution is 6.13. The number of anilines is 2. The summed E-state index contributed by atoms with van der Waals surface area (Å²) in [5, 5.41) is 2.40. The van der Waals surface area contributed by atoms with Gasteiger partial charge in [0.15, 0.2) is 0 Å². The fourth-order valence-electron chi connectivity index (χ4n) is 8.48. The number of hydrogen-bond acceptors (Lipinski definition) is 2. The fraction of sp³-hybridized carbons (Fsp3) is 0.116. The topological polar surface area (TPSA) is 17.4 Å². The molecular weight excluding hydrogens is 560 g/mol. The molecule has 4 unspecified atom stereocenters. The molecule has 3 nitrogen and oxygen atoms in total. The first-order valence-electron chi connectivity index (χ1n) is 16.2. The molecule has 4 atom stereocenters. The van der Waals surface area contributed by atoms with Gasteiger partial charge in [-0.25, -0.2) is 0 Å². The number of para-hydroxylation sites is 4. The van der Waals surface area contributed by atoms with E-state index in [9.17, 15) is 0 Å². The third-order valence-electron chi connectivity index (χ3n) is 10.5. The molecule has 0 saturated heterocycles. The molecular formula is C43H32N2O. The third-order valence-corrected chi connectivity index (χ3v) is 10.5. The largest absolute Gasteiger partial charge is 0.481 e. The van der Waals surface area contributed by atoms with Crippen LogP contribution in [0.25, 0.3) is 38.6 Å². The maximum absolute atomic E-state index is 6.88. The van der Waals surface area contributed by atoms with E-state index in [-0.39, 0.29) is 17.6 Å². The zero-order valence-corrected chi connectivity index (χ0v) is 25.5. The Balaban J connectivity index is 1.21. The van der Waals surface area contributed by atoms with Gasteiger partial charge < -0.3 is 14.2 Å². The van der Waals surface area contributed by atoms with Crippen molar-refractivity contribution in [2.24, 2.45) is 0 Å². The van der Waals surface area contributed by atoms with Crippen LogP contribution in [0.2, 0.25) is 0 Å². The molecule has 0 fully saturated rings. The predicted molar refractivity (Wildman–Crippen MR) is 190 cm³/mol. The molecule has 0 saturated carbocycles. The highest BCUT2D eigenvalue weighted by atomic mass is 16.5. The van der Waals surface area contributed by atoms with Gasteiger partial charge in [-0.3, -0.25) is 0 Å². The van der Waals surface area contributed by atoms with Crippen molar-refractivity contribution in [2.45, 2.75) is 30.4 Å². The normalized spacial score (nSPS) is 23.4. The van der Waals surface area contributed by atoms with E-state index in [0.29, 0.717) is 5.92 Å². The molecule has 4 aliphatic rings. The predicted octanol–water partition coefficient (Wildman–Crippen LogP) is 10.5. The summed E-state index contributed by atoms with van der Waals surface area (Å²) < 4.78 is 9.33. The van der Waals surface area contributed by atoms with Gasteiger partial charge in [0.25, 0.3) is 0 Å². The van der Waals surface area contributed by atoms with E-state index in [1.165, 1.54) is 49.9 Å². The minimum absolute atomic E-state index is 0.203.